The van der Waals surface area contributed by atoms with Gasteiger partial charge in [0.05, 0.1) is 0 Å². The van der Waals surface area contributed by atoms with Gasteiger partial charge >= 0.3 is 0 Å². The van der Waals surface area contributed by atoms with Crippen molar-refractivity contribution in [2.75, 3.05) is 0 Å². The molecule has 0 atom stereocenters. The molecule has 204 valence electrons. The van der Waals surface area contributed by atoms with Gasteiger partial charge in [0, 0.05) is 5.39 Å². The quantitative estimate of drug-likeness (QED) is 0.208. The van der Waals surface area contributed by atoms with Crippen molar-refractivity contribution in [3.8, 4) is 0 Å². The summed E-state index contributed by atoms with van der Waals surface area (Å²) in [6.45, 7) is 12.2. The Morgan fingerprint density at radius 3 is 1.48 bits per heavy atom. The van der Waals surface area contributed by atoms with Crippen LogP contribution in [0.4, 0.5) is 0 Å². The normalized spacial score (nSPS) is 11.1. The summed E-state index contributed by atoms with van der Waals surface area (Å²) in [6, 6.07) is 34.9. The Morgan fingerprint density at radius 1 is 0.450 bits per heavy atom. The van der Waals surface area contributed by atoms with Crippen molar-refractivity contribution in [3.63, 3.8) is 0 Å². The van der Waals surface area contributed by atoms with Gasteiger partial charge in [-0.15, -0.1) is 0 Å². The molecule has 0 saturated carbocycles. The molecule has 1 N–H and O–H groups in total. The summed E-state index contributed by atoms with van der Waals surface area (Å²) in [6.07, 6.45) is 0. The number of rotatable bonds is 1. The van der Waals surface area contributed by atoms with Crippen LogP contribution in [-0.2, 0) is 10.1 Å². The maximum absolute atomic E-state index is 11.3. The fourth-order valence-corrected chi connectivity index (χ4v) is 5.98. The first-order valence-corrected chi connectivity index (χ1v) is 14.8. The second kappa shape index (κ2) is 12.0. The Bertz CT molecular complexity index is 1900. The van der Waals surface area contributed by atoms with Crippen LogP contribution >= 0.6 is 0 Å². The van der Waals surface area contributed by atoms with Crippen LogP contribution in [0.3, 0.4) is 0 Å². The second-order valence-electron chi connectivity index (χ2n) is 10.5. The van der Waals surface area contributed by atoms with Gasteiger partial charge < -0.3 is 0 Å². The molecule has 0 radical (unpaired) electrons. The van der Waals surface area contributed by atoms with Crippen LogP contribution in [0.15, 0.2) is 108 Å². The third-order valence-electron chi connectivity index (χ3n) is 7.19. The third kappa shape index (κ3) is 6.59. The molecular formula is C36H36O3S. The van der Waals surface area contributed by atoms with Crippen molar-refractivity contribution < 1.29 is 13.0 Å². The van der Waals surface area contributed by atoms with Gasteiger partial charge in [0.25, 0.3) is 10.1 Å². The first kappa shape index (κ1) is 29.0. The van der Waals surface area contributed by atoms with Gasteiger partial charge in [0.15, 0.2) is 0 Å². The van der Waals surface area contributed by atoms with E-state index in [0.717, 1.165) is 10.9 Å². The average Bonchev–Trinajstić information content (AvgIpc) is 2.91. The van der Waals surface area contributed by atoms with Crippen molar-refractivity contribution in [2.45, 2.75) is 46.4 Å². The molecule has 0 aromatic heterocycles. The highest BCUT2D eigenvalue weighted by molar-refractivity contribution is 7.86. The van der Waals surface area contributed by atoms with E-state index in [1.54, 1.807) is 19.1 Å². The Morgan fingerprint density at radius 2 is 0.925 bits per heavy atom. The van der Waals surface area contributed by atoms with Gasteiger partial charge in [-0.2, -0.15) is 8.42 Å². The van der Waals surface area contributed by atoms with Crippen molar-refractivity contribution in [3.05, 3.63) is 137 Å². The number of hydrogen-bond donors (Lipinski definition) is 1. The maximum atomic E-state index is 11.3. The van der Waals surface area contributed by atoms with E-state index in [1.807, 2.05) is 25.1 Å². The zero-order chi connectivity index (χ0) is 29.0. The Kier molecular flexibility index (Phi) is 8.73. The Balaban J connectivity index is 0.000000141. The molecule has 6 aromatic carbocycles. The zero-order valence-electron chi connectivity index (χ0n) is 24.0. The highest BCUT2D eigenvalue weighted by atomic mass is 32.2. The summed E-state index contributed by atoms with van der Waals surface area (Å²) in [5, 5.41) is 6.83. The molecule has 3 nitrogen and oxygen atoms in total. The molecule has 40 heavy (non-hydrogen) atoms. The van der Waals surface area contributed by atoms with E-state index in [0.29, 0.717) is 10.9 Å². The largest absolute Gasteiger partial charge is 0.295 e. The summed E-state index contributed by atoms with van der Waals surface area (Å²) < 4.78 is 31.8. The van der Waals surface area contributed by atoms with Crippen molar-refractivity contribution in [1.82, 2.24) is 0 Å². The molecule has 0 aliphatic rings. The van der Waals surface area contributed by atoms with Crippen LogP contribution in [0.25, 0.3) is 32.3 Å². The summed E-state index contributed by atoms with van der Waals surface area (Å²) in [7, 11) is -4.17. The first-order valence-electron chi connectivity index (χ1n) is 13.3. The standard InChI is InChI=1S/C12H12O3S.2C12H12/c1-8-3-6-11-10(7-8)5-4-9(2)12(11)16(13,14)15;1-9-6-7-12-10(2)4-3-5-11(12)8-9;1-9-7-8-10(2)12-6-4-3-5-11(9)12/h3-7H,1-2H3,(H,13,14,15);2*3-8H,1-2H3. The minimum atomic E-state index is -4.17. The highest BCUT2D eigenvalue weighted by Gasteiger charge is 2.16. The number of fused-ring (bicyclic) bond motifs is 3. The number of hydrogen-bond acceptors (Lipinski definition) is 2. The molecule has 0 aliphatic heterocycles. The van der Waals surface area contributed by atoms with Crippen LogP contribution in [0.1, 0.15) is 33.4 Å². The van der Waals surface area contributed by atoms with Crippen LogP contribution in [0, 0.1) is 41.5 Å². The van der Waals surface area contributed by atoms with E-state index >= 15 is 0 Å². The lowest BCUT2D eigenvalue weighted by atomic mass is 10.0. The molecule has 0 saturated heterocycles. The molecule has 0 bridgehead atoms. The third-order valence-corrected chi connectivity index (χ3v) is 8.25. The highest BCUT2D eigenvalue weighted by Crippen LogP contribution is 2.27. The molecule has 6 rings (SSSR count). The van der Waals surface area contributed by atoms with E-state index in [2.05, 4.69) is 100 Å². The Hall–Kier alpha value is -3.99. The van der Waals surface area contributed by atoms with Gasteiger partial charge in [-0.25, -0.2) is 0 Å². The second-order valence-corrected chi connectivity index (χ2v) is 11.8. The van der Waals surface area contributed by atoms with Crippen LogP contribution in [0.2, 0.25) is 0 Å². The molecule has 0 spiro atoms. The van der Waals surface area contributed by atoms with E-state index in [-0.39, 0.29) is 4.90 Å². The van der Waals surface area contributed by atoms with E-state index < -0.39 is 10.1 Å². The molecule has 0 amide bonds. The molecule has 0 aliphatic carbocycles. The molecule has 0 unspecified atom stereocenters. The van der Waals surface area contributed by atoms with Crippen molar-refractivity contribution in [2.24, 2.45) is 0 Å². The van der Waals surface area contributed by atoms with Gasteiger partial charge in [-0.3, -0.25) is 4.55 Å². The maximum Gasteiger partial charge on any atom is 0.295 e. The van der Waals surface area contributed by atoms with Gasteiger partial charge in [-0.05, 0) is 90.7 Å². The van der Waals surface area contributed by atoms with Crippen LogP contribution in [-0.4, -0.2) is 13.0 Å². The molecule has 0 fully saturated rings. The lowest BCUT2D eigenvalue weighted by Crippen LogP contribution is -2.02. The molecule has 6 aromatic rings. The summed E-state index contributed by atoms with van der Waals surface area (Å²) in [5.74, 6) is 0. The minimum Gasteiger partial charge on any atom is -0.282 e. The fourth-order valence-electron chi connectivity index (χ4n) is 5.04. The van der Waals surface area contributed by atoms with Crippen molar-refractivity contribution >= 4 is 42.4 Å². The van der Waals surface area contributed by atoms with Gasteiger partial charge in [-0.1, -0.05) is 114 Å². The van der Waals surface area contributed by atoms with Gasteiger partial charge in [0.1, 0.15) is 4.90 Å². The van der Waals surface area contributed by atoms with E-state index in [4.69, 9.17) is 0 Å². The summed E-state index contributed by atoms with van der Waals surface area (Å²) in [5.41, 5.74) is 7.00. The predicted octanol–water partition coefficient (Wildman–Crippen LogP) is 9.62. The topological polar surface area (TPSA) is 54.4 Å². The van der Waals surface area contributed by atoms with Crippen LogP contribution in [0.5, 0.6) is 0 Å². The monoisotopic (exact) mass is 548 g/mol. The molecule has 4 heteroatoms. The number of aryl methyl sites for hydroxylation is 6. The minimum absolute atomic E-state index is 0.00463. The smallest absolute Gasteiger partial charge is 0.282 e. The fraction of sp³-hybridized carbons (Fsp3) is 0.167. The Labute approximate surface area is 237 Å². The lowest BCUT2D eigenvalue weighted by molar-refractivity contribution is 0.483. The van der Waals surface area contributed by atoms with Crippen LogP contribution < -0.4 is 0 Å². The summed E-state index contributed by atoms with van der Waals surface area (Å²) in [4.78, 5) is 0.00463. The summed E-state index contributed by atoms with van der Waals surface area (Å²) >= 11 is 0. The van der Waals surface area contributed by atoms with Gasteiger partial charge in [0.2, 0.25) is 0 Å². The predicted molar refractivity (Wildman–Crippen MR) is 170 cm³/mol. The zero-order valence-corrected chi connectivity index (χ0v) is 24.8. The van der Waals surface area contributed by atoms with Crippen molar-refractivity contribution in [1.29, 1.82) is 0 Å². The molecule has 0 heterocycles. The first-order chi connectivity index (χ1) is 19.0. The van der Waals surface area contributed by atoms with E-state index in [9.17, 15) is 13.0 Å². The number of benzene rings is 6. The lowest BCUT2D eigenvalue weighted by Gasteiger charge is -2.07. The molecular weight excluding hydrogens is 512 g/mol. The average molecular weight is 549 g/mol. The SMILES string of the molecule is Cc1ccc(C)c2ccccc12.Cc1ccc2c(C)cccc2c1.Cc1ccc2c(S(=O)(=O)O)c(C)ccc2c1. The van der Waals surface area contributed by atoms with E-state index in [1.165, 1.54) is 43.8 Å².